The highest BCUT2D eigenvalue weighted by molar-refractivity contribution is 6.14. The van der Waals surface area contributed by atoms with Crippen LogP contribution in [0.25, 0.3) is 6.08 Å². The number of amides is 1. The van der Waals surface area contributed by atoms with E-state index in [1.54, 1.807) is 60.7 Å². The summed E-state index contributed by atoms with van der Waals surface area (Å²) in [5, 5.41) is 11.9. The lowest BCUT2D eigenvalue weighted by Gasteiger charge is -2.15. The number of rotatable bonds is 9. The summed E-state index contributed by atoms with van der Waals surface area (Å²) < 4.78 is 21.9. The summed E-state index contributed by atoms with van der Waals surface area (Å²) in [7, 11) is 3.06. The molecule has 9 nitrogen and oxygen atoms in total. The normalized spacial score (nSPS) is 13.9. The SMILES string of the molecule is COc1ccc(OC)c(/C=C2/Oc3cc(OCC(=O)N[C@H](C(=O)O)c4ccccc4)ccc3C2=O)c1. The summed E-state index contributed by atoms with van der Waals surface area (Å²) in [4.78, 5) is 36.8. The van der Waals surface area contributed by atoms with Gasteiger partial charge < -0.3 is 29.4 Å². The first-order chi connectivity index (χ1) is 17.4. The summed E-state index contributed by atoms with van der Waals surface area (Å²) in [6.45, 7) is -0.424. The number of methoxy groups -OCH3 is 2. The Morgan fingerprint density at radius 1 is 1.00 bits per heavy atom. The van der Waals surface area contributed by atoms with Crippen molar-refractivity contribution in [3.05, 3.63) is 89.2 Å². The largest absolute Gasteiger partial charge is 0.497 e. The fourth-order valence-corrected chi connectivity index (χ4v) is 3.64. The quantitative estimate of drug-likeness (QED) is 0.437. The van der Waals surface area contributed by atoms with Crippen molar-refractivity contribution >= 4 is 23.7 Å². The molecule has 1 atom stereocenters. The van der Waals surface area contributed by atoms with Gasteiger partial charge >= 0.3 is 5.97 Å². The predicted molar refractivity (Wildman–Crippen MR) is 129 cm³/mol. The molecular formula is C27H23NO8. The Kier molecular flexibility index (Phi) is 7.20. The highest BCUT2D eigenvalue weighted by atomic mass is 16.5. The van der Waals surface area contributed by atoms with Gasteiger partial charge in [-0.25, -0.2) is 4.79 Å². The van der Waals surface area contributed by atoms with Crippen molar-refractivity contribution in [2.75, 3.05) is 20.8 Å². The van der Waals surface area contributed by atoms with Crippen LogP contribution in [0.4, 0.5) is 0 Å². The summed E-state index contributed by atoms with van der Waals surface area (Å²) in [6.07, 6.45) is 1.56. The lowest BCUT2D eigenvalue weighted by Crippen LogP contribution is -2.36. The van der Waals surface area contributed by atoms with Crippen molar-refractivity contribution in [3.63, 3.8) is 0 Å². The Morgan fingerprint density at radius 2 is 1.75 bits per heavy atom. The van der Waals surface area contributed by atoms with Gasteiger partial charge in [-0.2, -0.15) is 0 Å². The first kappa shape index (κ1) is 24.3. The van der Waals surface area contributed by atoms with Crippen LogP contribution >= 0.6 is 0 Å². The Hall–Kier alpha value is -4.79. The maximum atomic E-state index is 12.8. The van der Waals surface area contributed by atoms with Gasteiger partial charge in [-0.15, -0.1) is 0 Å². The molecule has 184 valence electrons. The summed E-state index contributed by atoms with van der Waals surface area (Å²) in [6, 6.07) is 16.9. The molecule has 3 aromatic rings. The van der Waals surface area contributed by atoms with Crippen LogP contribution in [-0.4, -0.2) is 43.6 Å². The molecule has 36 heavy (non-hydrogen) atoms. The number of carboxylic acids is 1. The van der Waals surface area contributed by atoms with Crippen LogP contribution in [0.15, 0.2) is 72.5 Å². The van der Waals surface area contributed by atoms with Crippen molar-refractivity contribution in [2.45, 2.75) is 6.04 Å². The molecule has 0 saturated carbocycles. The third kappa shape index (κ3) is 5.30. The minimum absolute atomic E-state index is 0.0959. The van der Waals surface area contributed by atoms with Crippen LogP contribution in [-0.2, 0) is 9.59 Å². The van der Waals surface area contributed by atoms with E-state index in [-0.39, 0.29) is 23.0 Å². The molecule has 0 bridgehead atoms. The van der Waals surface area contributed by atoms with Crippen molar-refractivity contribution < 1.29 is 38.4 Å². The van der Waals surface area contributed by atoms with Crippen LogP contribution in [0, 0.1) is 0 Å². The van der Waals surface area contributed by atoms with E-state index in [1.165, 1.54) is 26.4 Å². The molecule has 4 rings (SSSR count). The zero-order chi connectivity index (χ0) is 25.7. The maximum absolute atomic E-state index is 12.8. The van der Waals surface area contributed by atoms with Crippen molar-refractivity contribution in [1.82, 2.24) is 5.32 Å². The molecule has 1 heterocycles. The number of hydrogen-bond acceptors (Lipinski definition) is 7. The molecular weight excluding hydrogens is 466 g/mol. The van der Waals surface area contributed by atoms with Gasteiger partial charge in [0.05, 0.1) is 19.8 Å². The average Bonchev–Trinajstić information content (AvgIpc) is 3.20. The first-order valence-electron chi connectivity index (χ1n) is 10.9. The Balaban J connectivity index is 1.44. The molecule has 1 aliphatic rings. The van der Waals surface area contributed by atoms with Crippen LogP contribution in [0.5, 0.6) is 23.0 Å². The zero-order valence-corrected chi connectivity index (χ0v) is 19.5. The predicted octanol–water partition coefficient (Wildman–Crippen LogP) is 3.64. The number of ether oxygens (including phenoxy) is 4. The number of ketones is 1. The van der Waals surface area contributed by atoms with Crippen LogP contribution < -0.4 is 24.3 Å². The molecule has 1 amide bonds. The smallest absolute Gasteiger partial charge is 0.330 e. The van der Waals surface area contributed by atoms with Crippen LogP contribution in [0.3, 0.4) is 0 Å². The first-order valence-corrected chi connectivity index (χ1v) is 10.9. The Bertz CT molecular complexity index is 1330. The second kappa shape index (κ2) is 10.6. The van der Waals surface area contributed by atoms with E-state index < -0.39 is 24.5 Å². The maximum Gasteiger partial charge on any atom is 0.330 e. The molecule has 9 heteroatoms. The van der Waals surface area contributed by atoms with Gasteiger partial charge in [0.15, 0.2) is 18.4 Å². The van der Waals surface area contributed by atoms with E-state index >= 15 is 0 Å². The number of allylic oxidation sites excluding steroid dienone is 1. The van der Waals surface area contributed by atoms with E-state index in [1.807, 2.05) is 0 Å². The van der Waals surface area contributed by atoms with Gasteiger partial charge in [-0.1, -0.05) is 30.3 Å². The standard InChI is InChI=1S/C27H23NO8/c1-33-18-9-11-21(34-2)17(12-18)13-23-26(30)20-10-8-19(14-22(20)36-23)35-15-24(29)28-25(27(31)32)16-6-4-3-5-7-16/h3-14,25H,15H2,1-2H3,(H,28,29)(H,31,32)/b23-13+/t25-/m0/s1. The van der Waals surface area contributed by atoms with E-state index in [0.717, 1.165) is 0 Å². The Labute approximate surface area is 206 Å². The van der Waals surface area contributed by atoms with E-state index in [0.29, 0.717) is 28.2 Å². The molecule has 0 spiro atoms. The molecule has 0 saturated heterocycles. The van der Waals surface area contributed by atoms with Gasteiger partial charge in [-0.05, 0) is 42.0 Å². The number of carboxylic acid groups (broad SMARTS) is 1. The lowest BCUT2D eigenvalue weighted by atomic mass is 10.1. The third-order valence-corrected chi connectivity index (χ3v) is 5.42. The van der Waals surface area contributed by atoms with Crippen molar-refractivity contribution in [3.8, 4) is 23.0 Å². The monoisotopic (exact) mass is 489 g/mol. The fourth-order valence-electron chi connectivity index (χ4n) is 3.64. The van der Waals surface area contributed by atoms with Gasteiger partial charge in [0.1, 0.15) is 23.0 Å². The fraction of sp³-hybridized carbons (Fsp3) is 0.148. The molecule has 3 aromatic carbocycles. The van der Waals surface area contributed by atoms with Gasteiger partial charge in [0, 0.05) is 11.6 Å². The summed E-state index contributed by atoms with van der Waals surface area (Å²) in [5.74, 6) is -0.328. The summed E-state index contributed by atoms with van der Waals surface area (Å²) in [5.41, 5.74) is 1.39. The van der Waals surface area contributed by atoms with E-state index in [4.69, 9.17) is 18.9 Å². The van der Waals surface area contributed by atoms with Crippen LogP contribution in [0.1, 0.15) is 27.5 Å². The average molecular weight is 489 g/mol. The van der Waals surface area contributed by atoms with Crippen LogP contribution in [0.2, 0.25) is 0 Å². The molecule has 0 fully saturated rings. The lowest BCUT2D eigenvalue weighted by molar-refractivity contribution is -0.142. The number of fused-ring (bicyclic) bond motifs is 1. The van der Waals surface area contributed by atoms with Crippen molar-refractivity contribution in [2.24, 2.45) is 0 Å². The number of carbonyl (C=O) groups is 3. The molecule has 0 aliphatic carbocycles. The van der Waals surface area contributed by atoms with Crippen molar-refractivity contribution in [1.29, 1.82) is 0 Å². The number of hydrogen-bond donors (Lipinski definition) is 2. The van der Waals surface area contributed by atoms with Gasteiger partial charge in [0.25, 0.3) is 5.91 Å². The molecule has 0 radical (unpaired) electrons. The second-order valence-corrected chi connectivity index (χ2v) is 7.74. The highest BCUT2D eigenvalue weighted by Crippen LogP contribution is 2.36. The molecule has 2 N–H and O–H groups in total. The number of carbonyl (C=O) groups excluding carboxylic acids is 2. The number of benzene rings is 3. The third-order valence-electron chi connectivity index (χ3n) is 5.42. The van der Waals surface area contributed by atoms with Gasteiger partial charge in [-0.3, -0.25) is 9.59 Å². The summed E-state index contributed by atoms with van der Waals surface area (Å²) >= 11 is 0. The second-order valence-electron chi connectivity index (χ2n) is 7.74. The van der Waals surface area contributed by atoms with Gasteiger partial charge in [0.2, 0.25) is 5.78 Å². The minimum Gasteiger partial charge on any atom is -0.497 e. The zero-order valence-electron chi connectivity index (χ0n) is 19.5. The number of nitrogens with one attached hydrogen (secondary N) is 1. The molecule has 1 aliphatic heterocycles. The molecule has 0 aromatic heterocycles. The number of aliphatic carboxylic acids is 1. The Morgan fingerprint density at radius 3 is 2.44 bits per heavy atom. The van der Waals surface area contributed by atoms with E-state index in [9.17, 15) is 19.5 Å². The number of Topliss-reactive ketones (excluding diaryl/α,β-unsaturated/α-hetero) is 1. The van der Waals surface area contributed by atoms with E-state index in [2.05, 4.69) is 5.32 Å². The molecule has 0 unspecified atom stereocenters. The minimum atomic E-state index is -1.20. The topological polar surface area (TPSA) is 120 Å². The highest BCUT2D eigenvalue weighted by Gasteiger charge is 2.28.